The summed E-state index contributed by atoms with van der Waals surface area (Å²) in [5.41, 5.74) is 0.448. The third-order valence-electron chi connectivity index (χ3n) is 12.2. The van der Waals surface area contributed by atoms with Crippen LogP contribution in [0.4, 0.5) is 0 Å². The summed E-state index contributed by atoms with van der Waals surface area (Å²) < 4.78 is 5.90. The number of ether oxygens (including phenoxy) is 1. The molecule has 0 radical (unpaired) electrons. The Balaban J connectivity index is 1.38. The SMILES string of the molecule is COC1CC(=O)C2C3CC4CCC56CCC(Cc7ccccc7)C5C=CCC4(C12O)C36C. The van der Waals surface area contributed by atoms with E-state index in [1.807, 2.05) is 0 Å². The van der Waals surface area contributed by atoms with Crippen LogP contribution in [-0.2, 0) is 16.0 Å². The van der Waals surface area contributed by atoms with E-state index in [9.17, 15) is 9.90 Å². The van der Waals surface area contributed by atoms with E-state index >= 15 is 0 Å². The highest BCUT2D eigenvalue weighted by Gasteiger charge is 2.89. The quantitative estimate of drug-likeness (QED) is 0.686. The van der Waals surface area contributed by atoms with E-state index in [0.717, 1.165) is 19.3 Å². The molecule has 5 bridgehead atoms. The van der Waals surface area contributed by atoms with Crippen LogP contribution in [0.25, 0.3) is 0 Å². The summed E-state index contributed by atoms with van der Waals surface area (Å²) in [5.74, 6) is 2.09. The fraction of sp³-hybridized carbons (Fsp3) is 0.690. The Kier molecular flexibility index (Phi) is 3.84. The predicted molar refractivity (Wildman–Crippen MR) is 123 cm³/mol. The second-order valence-corrected chi connectivity index (χ2v) is 12.3. The average molecular weight is 433 g/mol. The van der Waals surface area contributed by atoms with Gasteiger partial charge in [0.25, 0.3) is 0 Å². The van der Waals surface area contributed by atoms with Gasteiger partial charge in [0.15, 0.2) is 0 Å². The summed E-state index contributed by atoms with van der Waals surface area (Å²) >= 11 is 0. The van der Waals surface area contributed by atoms with Crippen molar-refractivity contribution in [3.8, 4) is 0 Å². The molecule has 0 saturated heterocycles. The van der Waals surface area contributed by atoms with E-state index in [-0.39, 0.29) is 34.1 Å². The molecule has 5 fully saturated rings. The third kappa shape index (κ3) is 1.84. The zero-order valence-corrected chi connectivity index (χ0v) is 19.4. The molecule has 5 saturated carbocycles. The van der Waals surface area contributed by atoms with E-state index in [2.05, 4.69) is 49.4 Å². The summed E-state index contributed by atoms with van der Waals surface area (Å²) in [5, 5.41) is 12.6. The second kappa shape index (κ2) is 6.16. The van der Waals surface area contributed by atoms with Crippen LogP contribution in [0.15, 0.2) is 42.5 Å². The van der Waals surface area contributed by atoms with Gasteiger partial charge in [-0.3, -0.25) is 4.79 Å². The van der Waals surface area contributed by atoms with Crippen molar-refractivity contribution in [1.29, 1.82) is 0 Å². The highest BCUT2D eigenvalue weighted by atomic mass is 16.5. The Bertz CT molecular complexity index is 1000. The van der Waals surface area contributed by atoms with Gasteiger partial charge in [0.2, 0.25) is 0 Å². The van der Waals surface area contributed by atoms with Crippen LogP contribution in [-0.4, -0.2) is 29.7 Å². The van der Waals surface area contributed by atoms with Crippen molar-refractivity contribution >= 4 is 5.78 Å². The molecule has 6 aliphatic carbocycles. The van der Waals surface area contributed by atoms with Gasteiger partial charge in [-0.05, 0) is 85.0 Å². The maximum Gasteiger partial charge on any atom is 0.141 e. The molecule has 170 valence electrons. The first-order valence-electron chi connectivity index (χ1n) is 12.9. The summed E-state index contributed by atoms with van der Waals surface area (Å²) in [6, 6.07) is 11.0. The molecule has 1 N–H and O–H groups in total. The summed E-state index contributed by atoms with van der Waals surface area (Å²) in [4.78, 5) is 13.4. The highest BCUT2D eigenvalue weighted by Crippen LogP contribution is 2.88. The minimum absolute atomic E-state index is 0.00873. The number of methoxy groups -OCH3 is 1. The van der Waals surface area contributed by atoms with E-state index in [1.165, 1.54) is 31.2 Å². The first kappa shape index (κ1) is 20.0. The number of allylic oxidation sites excluding steroid dienone is 2. The molecule has 0 aromatic heterocycles. The molecular weight excluding hydrogens is 396 g/mol. The van der Waals surface area contributed by atoms with E-state index in [0.29, 0.717) is 30.1 Å². The molecule has 3 nitrogen and oxygen atoms in total. The molecule has 1 aromatic rings. The van der Waals surface area contributed by atoms with Gasteiger partial charge in [0, 0.05) is 18.9 Å². The van der Waals surface area contributed by atoms with Crippen LogP contribution < -0.4 is 0 Å². The van der Waals surface area contributed by atoms with Gasteiger partial charge >= 0.3 is 0 Å². The minimum atomic E-state index is -0.995. The van der Waals surface area contributed by atoms with Crippen molar-refractivity contribution in [2.45, 2.75) is 70.0 Å². The van der Waals surface area contributed by atoms with Gasteiger partial charge in [0.1, 0.15) is 11.4 Å². The Morgan fingerprint density at radius 1 is 1.16 bits per heavy atom. The minimum Gasteiger partial charge on any atom is -0.386 e. The zero-order valence-electron chi connectivity index (χ0n) is 19.4. The van der Waals surface area contributed by atoms with Crippen LogP contribution in [0, 0.1) is 45.8 Å². The molecule has 1 spiro atoms. The predicted octanol–water partition coefficient (Wildman–Crippen LogP) is 4.97. The highest BCUT2D eigenvalue weighted by molar-refractivity contribution is 5.88. The third-order valence-corrected chi connectivity index (χ3v) is 12.2. The molecule has 32 heavy (non-hydrogen) atoms. The lowest BCUT2D eigenvalue weighted by atomic mass is 9.41. The molecule has 10 atom stereocenters. The van der Waals surface area contributed by atoms with Crippen molar-refractivity contribution < 1.29 is 14.6 Å². The molecule has 0 amide bonds. The monoisotopic (exact) mass is 432 g/mol. The van der Waals surface area contributed by atoms with Gasteiger partial charge in [-0.2, -0.15) is 0 Å². The Morgan fingerprint density at radius 2 is 1.94 bits per heavy atom. The number of aliphatic hydroxyl groups is 1. The molecule has 0 aliphatic heterocycles. The molecule has 0 heterocycles. The van der Waals surface area contributed by atoms with Crippen LogP contribution in [0.2, 0.25) is 0 Å². The molecule has 10 unspecified atom stereocenters. The van der Waals surface area contributed by atoms with Crippen molar-refractivity contribution in [2.24, 2.45) is 45.8 Å². The first-order chi connectivity index (χ1) is 15.4. The van der Waals surface area contributed by atoms with Gasteiger partial charge < -0.3 is 9.84 Å². The maximum atomic E-state index is 13.4. The summed E-state index contributed by atoms with van der Waals surface area (Å²) in [6.45, 7) is 2.53. The largest absolute Gasteiger partial charge is 0.386 e. The number of carbonyl (C=O) groups is 1. The Labute approximate surface area is 191 Å². The normalized spacial score (nSPS) is 54.5. The fourth-order valence-electron chi connectivity index (χ4n) is 11.4. The van der Waals surface area contributed by atoms with Crippen LogP contribution >= 0.6 is 0 Å². The van der Waals surface area contributed by atoms with E-state index in [4.69, 9.17) is 4.74 Å². The topological polar surface area (TPSA) is 46.5 Å². The number of hydrogen-bond donors (Lipinski definition) is 1. The van der Waals surface area contributed by atoms with Gasteiger partial charge in [-0.15, -0.1) is 0 Å². The van der Waals surface area contributed by atoms with Gasteiger partial charge in [0.05, 0.1) is 12.0 Å². The molecule has 7 rings (SSSR count). The average Bonchev–Trinajstić information content (AvgIpc) is 3.36. The number of carbonyl (C=O) groups excluding carboxylic acids is 1. The lowest BCUT2D eigenvalue weighted by Crippen LogP contribution is -2.65. The Morgan fingerprint density at radius 3 is 2.72 bits per heavy atom. The smallest absolute Gasteiger partial charge is 0.141 e. The standard InChI is InChI=1S/C29H36O3/c1-26-22-16-20-11-14-27(26)13-10-19(15-18-7-4-3-5-8-18)21(27)9-6-12-28(20,26)29(31)24(32-2)17-23(30)25(22)29/h3-9,19-22,24-25,31H,10-17H2,1-2H3. The fourth-order valence-corrected chi connectivity index (χ4v) is 11.4. The van der Waals surface area contributed by atoms with Crippen molar-refractivity contribution in [3.63, 3.8) is 0 Å². The number of fused-ring (bicyclic) bond motifs is 2. The van der Waals surface area contributed by atoms with Crippen molar-refractivity contribution in [1.82, 2.24) is 0 Å². The van der Waals surface area contributed by atoms with Crippen molar-refractivity contribution in [3.05, 3.63) is 48.0 Å². The van der Waals surface area contributed by atoms with Gasteiger partial charge in [-0.1, -0.05) is 49.4 Å². The molecule has 1 aromatic carbocycles. The number of benzene rings is 1. The zero-order chi connectivity index (χ0) is 21.9. The summed E-state index contributed by atoms with van der Waals surface area (Å²) in [7, 11) is 1.70. The second-order valence-electron chi connectivity index (χ2n) is 12.3. The molecule has 6 aliphatic rings. The first-order valence-corrected chi connectivity index (χ1v) is 12.9. The van der Waals surface area contributed by atoms with E-state index < -0.39 is 5.60 Å². The molecule has 3 heteroatoms. The number of ketones is 1. The number of Topliss-reactive ketones (excluding diaryl/α,β-unsaturated/α-hetero) is 1. The van der Waals surface area contributed by atoms with Crippen molar-refractivity contribution in [2.75, 3.05) is 7.11 Å². The number of hydrogen-bond acceptors (Lipinski definition) is 3. The van der Waals surface area contributed by atoms with E-state index in [1.54, 1.807) is 7.11 Å². The van der Waals surface area contributed by atoms with Crippen LogP contribution in [0.5, 0.6) is 0 Å². The lowest BCUT2D eigenvalue weighted by Gasteiger charge is -2.63. The van der Waals surface area contributed by atoms with Gasteiger partial charge in [-0.25, -0.2) is 0 Å². The summed E-state index contributed by atoms with van der Waals surface area (Å²) in [6.07, 6.45) is 13.2. The molecular formula is C29H36O3. The number of rotatable bonds is 3. The Hall–Kier alpha value is -1.45. The maximum absolute atomic E-state index is 13.4. The van der Waals surface area contributed by atoms with Crippen LogP contribution in [0.3, 0.4) is 0 Å². The lowest BCUT2D eigenvalue weighted by molar-refractivity contribution is -0.230. The van der Waals surface area contributed by atoms with Crippen LogP contribution in [0.1, 0.15) is 57.4 Å².